The molecule has 5 heteroatoms. The van der Waals surface area contributed by atoms with Crippen LogP contribution in [0.15, 0.2) is 60.8 Å². The first-order valence-corrected chi connectivity index (χ1v) is 9.33. The third kappa shape index (κ3) is 4.19. The predicted octanol–water partition coefficient (Wildman–Crippen LogP) is 3.70. The van der Waals surface area contributed by atoms with Crippen LogP contribution in [0, 0.1) is 0 Å². The number of hydrogen-bond donors (Lipinski definition) is 1. The number of nitrogens with zero attached hydrogens (tertiary/aromatic N) is 3. The number of methoxy groups -OCH3 is 1. The van der Waals surface area contributed by atoms with E-state index in [4.69, 9.17) is 9.72 Å². The fourth-order valence-corrected chi connectivity index (χ4v) is 3.41. The molecule has 3 aromatic rings. The van der Waals surface area contributed by atoms with Gasteiger partial charge in [-0.3, -0.25) is 0 Å². The second-order valence-electron chi connectivity index (χ2n) is 6.70. The van der Waals surface area contributed by atoms with Crippen LogP contribution in [0.1, 0.15) is 16.7 Å². The molecule has 1 aliphatic heterocycles. The summed E-state index contributed by atoms with van der Waals surface area (Å²) in [6.45, 7) is 2.68. The summed E-state index contributed by atoms with van der Waals surface area (Å²) in [4.78, 5) is 11.4. The molecule has 27 heavy (non-hydrogen) atoms. The molecule has 2 aromatic carbocycles. The maximum atomic E-state index is 5.20. The summed E-state index contributed by atoms with van der Waals surface area (Å²) < 4.78 is 5.20. The van der Waals surface area contributed by atoms with Crippen LogP contribution in [0.2, 0.25) is 0 Å². The standard InChI is InChI=1S/C22H24N4O/c1-27-20-8-6-17(7-9-20)10-13-23-22-24-14-11-21(25-22)26-15-12-18-4-2-3-5-19(18)16-26/h2-9,11,14H,10,12-13,15-16H2,1H3,(H,23,24,25). The summed E-state index contributed by atoms with van der Waals surface area (Å²) in [6.07, 6.45) is 3.80. The smallest absolute Gasteiger partial charge is 0.224 e. The molecule has 1 aromatic heterocycles. The molecule has 4 rings (SSSR count). The van der Waals surface area contributed by atoms with E-state index in [0.717, 1.165) is 44.0 Å². The van der Waals surface area contributed by atoms with Crippen molar-refractivity contribution in [1.29, 1.82) is 0 Å². The SMILES string of the molecule is COc1ccc(CCNc2nccc(N3CCc4ccccc4C3)n2)cc1. The summed E-state index contributed by atoms with van der Waals surface area (Å²) in [5, 5.41) is 3.34. The number of anilines is 2. The van der Waals surface area contributed by atoms with Gasteiger partial charge in [-0.15, -0.1) is 0 Å². The van der Waals surface area contributed by atoms with Crippen LogP contribution in [0.3, 0.4) is 0 Å². The molecule has 0 fully saturated rings. The minimum Gasteiger partial charge on any atom is -0.497 e. The van der Waals surface area contributed by atoms with Gasteiger partial charge in [0.05, 0.1) is 7.11 Å². The molecule has 0 spiro atoms. The number of aromatic nitrogens is 2. The fraction of sp³-hybridized carbons (Fsp3) is 0.273. The van der Waals surface area contributed by atoms with Crippen molar-refractivity contribution in [3.63, 3.8) is 0 Å². The van der Waals surface area contributed by atoms with Crippen molar-refractivity contribution in [3.05, 3.63) is 77.5 Å². The van der Waals surface area contributed by atoms with Gasteiger partial charge in [-0.25, -0.2) is 4.98 Å². The molecule has 0 amide bonds. The zero-order chi connectivity index (χ0) is 18.5. The fourth-order valence-electron chi connectivity index (χ4n) is 3.41. The maximum Gasteiger partial charge on any atom is 0.224 e. The van der Waals surface area contributed by atoms with Gasteiger partial charge in [0.15, 0.2) is 0 Å². The van der Waals surface area contributed by atoms with Crippen LogP contribution >= 0.6 is 0 Å². The minimum atomic E-state index is 0.680. The van der Waals surface area contributed by atoms with Crippen LogP contribution in [-0.4, -0.2) is 30.2 Å². The van der Waals surface area contributed by atoms with Crippen molar-refractivity contribution in [2.24, 2.45) is 0 Å². The number of fused-ring (bicyclic) bond motifs is 1. The third-order valence-corrected chi connectivity index (χ3v) is 4.95. The quantitative estimate of drug-likeness (QED) is 0.726. The number of ether oxygens (including phenoxy) is 1. The van der Waals surface area contributed by atoms with Crippen molar-refractivity contribution in [3.8, 4) is 5.75 Å². The third-order valence-electron chi connectivity index (χ3n) is 4.95. The van der Waals surface area contributed by atoms with E-state index in [-0.39, 0.29) is 0 Å². The van der Waals surface area contributed by atoms with Crippen LogP contribution in [0.25, 0.3) is 0 Å². The van der Waals surface area contributed by atoms with Gasteiger partial charge in [-0.05, 0) is 47.7 Å². The lowest BCUT2D eigenvalue weighted by Gasteiger charge is -2.29. The Kier molecular flexibility index (Phi) is 5.19. The highest BCUT2D eigenvalue weighted by molar-refractivity contribution is 5.46. The molecule has 0 bridgehead atoms. The number of hydrogen-bond acceptors (Lipinski definition) is 5. The first-order valence-electron chi connectivity index (χ1n) is 9.33. The van der Waals surface area contributed by atoms with Crippen LogP contribution in [-0.2, 0) is 19.4 Å². The first-order chi connectivity index (χ1) is 13.3. The average molecular weight is 360 g/mol. The van der Waals surface area contributed by atoms with Gasteiger partial charge in [0.1, 0.15) is 11.6 Å². The van der Waals surface area contributed by atoms with Crippen molar-refractivity contribution in [1.82, 2.24) is 9.97 Å². The largest absolute Gasteiger partial charge is 0.497 e. The van der Waals surface area contributed by atoms with Crippen LogP contribution in [0.4, 0.5) is 11.8 Å². The van der Waals surface area contributed by atoms with E-state index < -0.39 is 0 Å². The van der Waals surface area contributed by atoms with Crippen molar-refractivity contribution in [2.45, 2.75) is 19.4 Å². The van der Waals surface area contributed by atoms with Crippen molar-refractivity contribution < 1.29 is 4.74 Å². The van der Waals surface area contributed by atoms with Gasteiger partial charge in [-0.1, -0.05) is 36.4 Å². The molecule has 1 N–H and O–H groups in total. The summed E-state index contributed by atoms with van der Waals surface area (Å²) in [7, 11) is 1.68. The molecule has 1 aliphatic rings. The highest BCUT2D eigenvalue weighted by Crippen LogP contribution is 2.23. The van der Waals surface area contributed by atoms with Crippen LogP contribution in [0.5, 0.6) is 5.75 Å². The number of rotatable bonds is 6. The van der Waals surface area contributed by atoms with E-state index in [1.807, 2.05) is 24.4 Å². The first kappa shape index (κ1) is 17.3. The van der Waals surface area contributed by atoms with Gasteiger partial charge in [0.25, 0.3) is 0 Å². The Balaban J connectivity index is 1.36. The molecule has 0 saturated heterocycles. The molecule has 5 nitrogen and oxygen atoms in total. The molecular formula is C22H24N4O. The molecule has 2 heterocycles. The van der Waals surface area contributed by atoms with Gasteiger partial charge >= 0.3 is 0 Å². The van der Waals surface area contributed by atoms with Gasteiger partial charge in [0, 0.05) is 25.8 Å². The van der Waals surface area contributed by atoms with E-state index in [1.165, 1.54) is 16.7 Å². The van der Waals surface area contributed by atoms with Crippen molar-refractivity contribution in [2.75, 3.05) is 30.4 Å². The summed E-state index contributed by atoms with van der Waals surface area (Å²) >= 11 is 0. The van der Waals surface area contributed by atoms with Gasteiger partial charge < -0.3 is 15.0 Å². The van der Waals surface area contributed by atoms with Crippen LogP contribution < -0.4 is 15.0 Å². The second-order valence-corrected chi connectivity index (χ2v) is 6.70. The van der Waals surface area contributed by atoms with Gasteiger partial charge in [-0.2, -0.15) is 4.98 Å². The number of nitrogens with one attached hydrogen (secondary N) is 1. The second kappa shape index (κ2) is 8.08. The van der Waals surface area contributed by atoms with E-state index in [2.05, 4.69) is 51.6 Å². The topological polar surface area (TPSA) is 50.3 Å². The monoisotopic (exact) mass is 360 g/mol. The van der Waals surface area contributed by atoms with E-state index in [9.17, 15) is 0 Å². The molecule has 0 unspecified atom stereocenters. The molecule has 0 saturated carbocycles. The lowest BCUT2D eigenvalue weighted by molar-refractivity contribution is 0.414. The molecule has 138 valence electrons. The van der Waals surface area contributed by atoms with E-state index >= 15 is 0 Å². The molecular weight excluding hydrogens is 336 g/mol. The summed E-state index contributed by atoms with van der Waals surface area (Å²) in [5.41, 5.74) is 4.09. The zero-order valence-corrected chi connectivity index (χ0v) is 15.6. The Hall–Kier alpha value is -3.08. The van der Waals surface area contributed by atoms with E-state index in [0.29, 0.717) is 5.95 Å². The Morgan fingerprint density at radius 1 is 1.04 bits per heavy atom. The highest BCUT2D eigenvalue weighted by Gasteiger charge is 2.17. The molecule has 0 aliphatic carbocycles. The zero-order valence-electron chi connectivity index (χ0n) is 15.6. The summed E-state index contributed by atoms with van der Waals surface area (Å²) in [5.74, 6) is 2.54. The molecule has 0 radical (unpaired) electrons. The van der Waals surface area contributed by atoms with E-state index in [1.54, 1.807) is 7.11 Å². The minimum absolute atomic E-state index is 0.680. The normalized spacial score (nSPS) is 13.1. The Bertz CT molecular complexity index is 895. The Morgan fingerprint density at radius 2 is 1.85 bits per heavy atom. The average Bonchev–Trinajstić information content (AvgIpc) is 2.74. The Labute approximate surface area is 160 Å². The summed E-state index contributed by atoms with van der Waals surface area (Å²) in [6, 6.07) is 18.8. The lowest BCUT2D eigenvalue weighted by Crippen LogP contribution is -2.31. The predicted molar refractivity (Wildman–Crippen MR) is 108 cm³/mol. The highest BCUT2D eigenvalue weighted by atomic mass is 16.5. The molecule has 0 atom stereocenters. The van der Waals surface area contributed by atoms with Crippen molar-refractivity contribution >= 4 is 11.8 Å². The maximum absolute atomic E-state index is 5.20. The van der Waals surface area contributed by atoms with Gasteiger partial charge in [0.2, 0.25) is 5.95 Å². The lowest BCUT2D eigenvalue weighted by atomic mass is 10.00. The Morgan fingerprint density at radius 3 is 2.67 bits per heavy atom. The number of benzene rings is 2.